The summed E-state index contributed by atoms with van der Waals surface area (Å²) in [5.74, 6) is 0.937. The topological polar surface area (TPSA) is 41.0 Å². The lowest BCUT2D eigenvalue weighted by molar-refractivity contribution is 0.205. The van der Waals surface area contributed by atoms with Gasteiger partial charge in [0.05, 0.1) is 6.61 Å². The predicted molar refractivity (Wildman–Crippen MR) is 113 cm³/mol. The van der Waals surface area contributed by atoms with Crippen LogP contribution >= 0.6 is 0 Å². The number of nitrogens with zero attached hydrogens (tertiary/aromatic N) is 4. The van der Waals surface area contributed by atoms with Gasteiger partial charge < -0.3 is 14.5 Å². The highest BCUT2D eigenvalue weighted by Gasteiger charge is 2.17. The van der Waals surface area contributed by atoms with Gasteiger partial charge >= 0.3 is 0 Å². The van der Waals surface area contributed by atoms with Crippen LogP contribution in [0, 0.1) is 0 Å². The Balaban J connectivity index is 1.35. The summed E-state index contributed by atoms with van der Waals surface area (Å²) in [6, 6.07) is 12.4. The lowest BCUT2D eigenvalue weighted by Gasteiger charge is -2.29. The number of hydrogen-bond acceptors (Lipinski definition) is 5. The molecule has 2 aliphatic rings. The summed E-state index contributed by atoms with van der Waals surface area (Å²) in [7, 11) is 0. The zero-order chi connectivity index (χ0) is 19.2. The largest absolute Gasteiger partial charge is 0.494 e. The SMILES string of the molecule is CCC1N=c2ncccc2=CN1c1ccc(OCCCN2CCCCC2)cc1. The van der Waals surface area contributed by atoms with Crippen LogP contribution in [0.5, 0.6) is 5.75 Å². The Morgan fingerprint density at radius 3 is 2.68 bits per heavy atom. The number of aromatic nitrogens is 1. The Bertz CT molecular complexity index is 874. The summed E-state index contributed by atoms with van der Waals surface area (Å²) in [4.78, 5) is 14.0. The van der Waals surface area contributed by atoms with E-state index in [4.69, 9.17) is 9.73 Å². The number of fused-ring (bicyclic) bond motifs is 1. The van der Waals surface area contributed by atoms with E-state index < -0.39 is 0 Å². The van der Waals surface area contributed by atoms with Crippen molar-refractivity contribution < 1.29 is 4.74 Å². The molecule has 0 aliphatic carbocycles. The number of pyridine rings is 1. The lowest BCUT2D eigenvalue weighted by atomic mass is 10.1. The first-order valence-corrected chi connectivity index (χ1v) is 10.6. The second kappa shape index (κ2) is 9.20. The van der Waals surface area contributed by atoms with Gasteiger partial charge in [-0.1, -0.05) is 13.3 Å². The number of ether oxygens (including phenoxy) is 1. The molecule has 1 saturated heterocycles. The minimum Gasteiger partial charge on any atom is -0.494 e. The zero-order valence-electron chi connectivity index (χ0n) is 16.8. The van der Waals surface area contributed by atoms with E-state index in [0.29, 0.717) is 0 Å². The molecule has 5 nitrogen and oxygen atoms in total. The minimum absolute atomic E-state index is 0.0821. The molecule has 0 bridgehead atoms. The summed E-state index contributed by atoms with van der Waals surface area (Å²) in [6.45, 7) is 6.58. The number of hydrogen-bond donors (Lipinski definition) is 0. The molecule has 3 heterocycles. The van der Waals surface area contributed by atoms with Crippen molar-refractivity contribution in [3.05, 3.63) is 53.3 Å². The average Bonchev–Trinajstić information content (AvgIpc) is 2.77. The van der Waals surface area contributed by atoms with Gasteiger partial charge in [0, 0.05) is 29.8 Å². The van der Waals surface area contributed by atoms with Gasteiger partial charge in [-0.2, -0.15) is 0 Å². The molecule has 0 saturated carbocycles. The number of likely N-dealkylation sites (tertiary alicyclic amines) is 1. The normalized spacial score (nSPS) is 19.5. The third-order valence-electron chi connectivity index (χ3n) is 5.52. The van der Waals surface area contributed by atoms with Crippen LogP contribution < -0.4 is 20.3 Å². The number of anilines is 1. The highest BCUT2D eigenvalue weighted by Crippen LogP contribution is 2.24. The van der Waals surface area contributed by atoms with E-state index in [2.05, 4.69) is 58.2 Å². The first kappa shape index (κ1) is 18.9. The maximum Gasteiger partial charge on any atom is 0.158 e. The van der Waals surface area contributed by atoms with Gasteiger partial charge in [0.15, 0.2) is 5.49 Å². The van der Waals surface area contributed by atoms with Crippen molar-refractivity contribution in [1.29, 1.82) is 0 Å². The van der Waals surface area contributed by atoms with Crippen molar-refractivity contribution in [2.24, 2.45) is 4.99 Å². The highest BCUT2D eigenvalue weighted by atomic mass is 16.5. The Kier molecular flexibility index (Phi) is 6.22. The number of rotatable bonds is 7. The summed E-state index contributed by atoms with van der Waals surface area (Å²) < 4.78 is 5.96. The van der Waals surface area contributed by atoms with Crippen molar-refractivity contribution >= 4 is 11.9 Å². The van der Waals surface area contributed by atoms with Crippen LogP contribution in [0.2, 0.25) is 0 Å². The van der Waals surface area contributed by atoms with Crippen molar-refractivity contribution in [3.63, 3.8) is 0 Å². The van der Waals surface area contributed by atoms with Gasteiger partial charge in [-0.25, -0.2) is 9.98 Å². The molecule has 4 rings (SSSR count). The summed E-state index contributed by atoms with van der Waals surface area (Å²) in [5, 5.41) is 1.06. The first-order valence-electron chi connectivity index (χ1n) is 10.6. The second-order valence-corrected chi connectivity index (χ2v) is 7.57. The van der Waals surface area contributed by atoms with E-state index in [-0.39, 0.29) is 6.17 Å². The lowest BCUT2D eigenvalue weighted by Crippen LogP contribution is -2.43. The van der Waals surface area contributed by atoms with Crippen molar-refractivity contribution in [1.82, 2.24) is 9.88 Å². The van der Waals surface area contributed by atoms with Crippen LogP contribution in [0.15, 0.2) is 47.6 Å². The fourth-order valence-corrected chi connectivity index (χ4v) is 3.97. The van der Waals surface area contributed by atoms with Gasteiger partial charge in [-0.15, -0.1) is 0 Å². The average molecular weight is 379 g/mol. The van der Waals surface area contributed by atoms with Crippen molar-refractivity contribution in [2.45, 2.75) is 45.2 Å². The monoisotopic (exact) mass is 378 g/mol. The van der Waals surface area contributed by atoms with Crippen LogP contribution in [0.3, 0.4) is 0 Å². The molecule has 0 radical (unpaired) electrons. The summed E-state index contributed by atoms with van der Waals surface area (Å²) >= 11 is 0. The Morgan fingerprint density at radius 1 is 1.07 bits per heavy atom. The molecule has 0 spiro atoms. The molecule has 5 heteroatoms. The Labute approximate surface area is 167 Å². The zero-order valence-corrected chi connectivity index (χ0v) is 16.8. The van der Waals surface area contributed by atoms with E-state index in [0.717, 1.165) is 48.1 Å². The first-order chi connectivity index (χ1) is 13.8. The quantitative estimate of drug-likeness (QED) is 0.695. The van der Waals surface area contributed by atoms with E-state index in [1.807, 2.05) is 6.07 Å². The van der Waals surface area contributed by atoms with Crippen LogP contribution in [-0.2, 0) is 0 Å². The molecular weight excluding hydrogens is 348 g/mol. The van der Waals surface area contributed by atoms with Gasteiger partial charge in [0.2, 0.25) is 0 Å². The van der Waals surface area contributed by atoms with Crippen LogP contribution in [-0.4, -0.2) is 42.3 Å². The molecular formula is C23H30N4O. The van der Waals surface area contributed by atoms with Crippen molar-refractivity contribution in [2.75, 3.05) is 31.1 Å². The van der Waals surface area contributed by atoms with Gasteiger partial charge in [0.25, 0.3) is 0 Å². The fraction of sp³-hybridized carbons (Fsp3) is 0.478. The molecule has 1 unspecified atom stereocenters. The number of benzene rings is 1. The summed E-state index contributed by atoms with van der Waals surface area (Å²) in [6.07, 6.45) is 10.1. The molecule has 0 N–H and O–H groups in total. The van der Waals surface area contributed by atoms with Crippen LogP contribution in [0.25, 0.3) is 6.20 Å². The molecule has 28 heavy (non-hydrogen) atoms. The van der Waals surface area contributed by atoms with Crippen LogP contribution in [0.4, 0.5) is 5.69 Å². The standard InChI is InChI=1S/C23H30N4O/c1-2-22-25-23-19(8-6-13-24-23)18-27(22)20-9-11-21(12-10-20)28-17-7-16-26-14-4-3-5-15-26/h6,8-13,18,22H,2-5,7,14-17H2,1H3. The van der Waals surface area contributed by atoms with E-state index in [1.54, 1.807) is 6.20 Å². The Morgan fingerprint density at radius 2 is 1.89 bits per heavy atom. The predicted octanol–water partition coefficient (Wildman–Crippen LogP) is 2.95. The third kappa shape index (κ3) is 4.53. The third-order valence-corrected chi connectivity index (χ3v) is 5.52. The Hall–Kier alpha value is -2.40. The number of piperidine rings is 1. The molecule has 1 atom stereocenters. The second-order valence-electron chi connectivity index (χ2n) is 7.57. The molecule has 2 aromatic rings. The van der Waals surface area contributed by atoms with E-state index in [1.165, 1.54) is 32.4 Å². The summed E-state index contributed by atoms with van der Waals surface area (Å²) in [5.41, 5.74) is 1.96. The van der Waals surface area contributed by atoms with E-state index in [9.17, 15) is 0 Å². The highest BCUT2D eigenvalue weighted by molar-refractivity contribution is 5.61. The maximum absolute atomic E-state index is 5.96. The molecule has 1 aromatic carbocycles. The van der Waals surface area contributed by atoms with Crippen molar-refractivity contribution in [3.8, 4) is 5.75 Å². The van der Waals surface area contributed by atoms with Gasteiger partial charge in [-0.3, -0.25) is 0 Å². The van der Waals surface area contributed by atoms with E-state index >= 15 is 0 Å². The molecule has 0 amide bonds. The molecule has 148 valence electrons. The molecule has 1 aromatic heterocycles. The van der Waals surface area contributed by atoms with Gasteiger partial charge in [-0.05, 0) is 75.2 Å². The molecule has 1 fully saturated rings. The van der Waals surface area contributed by atoms with Gasteiger partial charge in [0.1, 0.15) is 11.9 Å². The smallest absolute Gasteiger partial charge is 0.158 e. The van der Waals surface area contributed by atoms with Crippen LogP contribution in [0.1, 0.15) is 39.0 Å². The minimum atomic E-state index is 0.0821. The fourth-order valence-electron chi connectivity index (χ4n) is 3.97. The molecule has 2 aliphatic heterocycles. The maximum atomic E-state index is 5.96.